The van der Waals surface area contributed by atoms with Crippen molar-refractivity contribution in [3.63, 3.8) is 0 Å². The van der Waals surface area contributed by atoms with E-state index < -0.39 is 83.8 Å². The molecule has 16 atom stereocenters. The highest BCUT2D eigenvalue weighted by atomic mass is 16.7. The zero-order valence-electron chi connectivity index (χ0n) is 35.8. The summed E-state index contributed by atoms with van der Waals surface area (Å²) < 4.78 is 31.2. The fourth-order valence-electron chi connectivity index (χ4n) is 9.20. The molecule has 13 heteroatoms. The van der Waals surface area contributed by atoms with Gasteiger partial charge in [0.05, 0.1) is 36.4 Å². The van der Waals surface area contributed by atoms with E-state index in [0.29, 0.717) is 6.42 Å². The Morgan fingerprint density at radius 1 is 1.02 bits per heavy atom. The van der Waals surface area contributed by atoms with Gasteiger partial charge in [-0.1, -0.05) is 64.1 Å². The molecule has 2 heterocycles. The highest BCUT2D eigenvalue weighted by Gasteiger charge is 2.53. The number of aliphatic hydroxyl groups is 4. The maximum absolute atomic E-state index is 14.3. The van der Waals surface area contributed by atoms with Gasteiger partial charge in [-0.15, -0.1) is 6.58 Å². The van der Waals surface area contributed by atoms with Crippen LogP contribution >= 0.6 is 0 Å². The summed E-state index contributed by atoms with van der Waals surface area (Å²) in [7, 11) is 7.48. The van der Waals surface area contributed by atoms with Crippen LogP contribution in [0.3, 0.4) is 0 Å². The molecule has 320 valence electrons. The summed E-state index contributed by atoms with van der Waals surface area (Å²) in [6, 6.07) is 8.63. The average Bonchev–Trinajstić information content (AvgIpc) is 3.12. The zero-order valence-corrected chi connectivity index (χ0v) is 35.8. The van der Waals surface area contributed by atoms with Crippen LogP contribution in [0.15, 0.2) is 43.0 Å². The van der Waals surface area contributed by atoms with Gasteiger partial charge in [0, 0.05) is 30.3 Å². The Labute approximate surface area is 335 Å². The molecule has 3 rings (SSSR count). The van der Waals surface area contributed by atoms with Crippen LogP contribution in [0.25, 0.3) is 0 Å². The standard InChI is InChI=1S/C43H72N2O11/c1-14-21-52-32(23-30-19-17-16-18-20-30)40(49)55-36-28(6)38(56-41-35(46)31(44(10)11)22-26(4)53-41)42(8,50)24-25(3)34(45(12)13)27(5)37(47)43(9,51)33(15-2)54-39(48)29(36)7/h14,16-20,25-29,31-38,41,46-47,50-51H,1,15,21-24H2,2-13H3/t25-,26-,27-,28+,29-,31+,32?,33?,34+,35-,36+,37-,38-,41+,42+,43-/m1/s1. The second-order valence-corrected chi connectivity index (χ2v) is 17.3. The normalized spacial score (nSPS) is 39.8. The summed E-state index contributed by atoms with van der Waals surface area (Å²) in [5, 5.41) is 48.0. The molecule has 0 saturated carbocycles. The molecule has 1 aromatic rings. The molecule has 13 nitrogen and oxygen atoms in total. The van der Waals surface area contributed by atoms with Crippen molar-refractivity contribution in [1.29, 1.82) is 0 Å². The molecule has 2 unspecified atom stereocenters. The van der Waals surface area contributed by atoms with Crippen molar-refractivity contribution >= 4 is 11.9 Å². The number of likely N-dealkylation sites (N-methyl/N-ethyl adjacent to an activating group) is 1. The number of aliphatic hydroxyl groups excluding tert-OH is 2. The summed E-state index contributed by atoms with van der Waals surface area (Å²) in [6.07, 6.45) is -5.99. The smallest absolute Gasteiger partial charge is 0.335 e. The maximum Gasteiger partial charge on any atom is 0.335 e. The monoisotopic (exact) mass is 793 g/mol. The molecule has 2 aliphatic rings. The van der Waals surface area contributed by atoms with E-state index >= 15 is 0 Å². The third-order valence-corrected chi connectivity index (χ3v) is 12.1. The van der Waals surface area contributed by atoms with E-state index in [9.17, 15) is 30.0 Å². The minimum atomic E-state index is -1.86. The second-order valence-electron chi connectivity index (χ2n) is 17.3. The number of ether oxygens (including phenoxy) is 5. The third kappa shape index (κ3) is 11.6. The van der Waals surface area contributed by atoms with E-state index in [1.54, 1.807) is 27.7 Å². The van der Waals surface area contributed by atoms with E-state index in [1.165, 1.54) is 13.0 Å². The lowest BCUT2D eigenvalue weighted by Gasteiger charge is -2.49. The molecule has 4 N–H and O–H groups in total. The van der Waals surface area contributed by atoms with Crippen molar-refractivity contribution in [2.45, 2.75) is 153 Å². The lowest BCUT2D eigenvalue weighted by atomic mass is 9.72. The summed E-state index contributed by atoms with van der Waals surface area (Å²) >= 11 is 0. The minimum absolute atomic E-state index is 0.0614. The molecule has 0 spiro atoms. The Morgan fingerprint density at radius 3 is 2.20 bits per heavy atom. The van der Waals surface area contributed by atoms with E-state index in [1.807, 2.05) is 89.1 Å². The number of esters is 2. The Hall–Kier alpha value is -2.46. The van der Waals surface area contributed by atoms with Crippen LogP contribution < -0.4 is 0 Å². The van der Waals surface area contributed by atoms with Gasteiger partial charge in [0.1, 0.15) is 23.9 Å². The number of carbonyl (C=O) groups is 2. The number of hydrogen-bond donors (Lipinski definition) is 4. The average molecular weight is 793 g/mol. The van der Waals surface area contributed by atoms with Crippen LogP contribution in [-0.2, 0) is 39.7 Å². The van der Waals surface area contributed by atoms with Crippen molar-refractivity contribution in [3.05, 3.63) is 48.6 Å². The molecule has 0 aliphatic carbocycles. The van der Waals surface area contributed by atoms with Crippen LogP contribution in [0.4, 0.5) is 0 Å². The van der Waals surface area contributed by atoms with Crippen LogP contribution in [-0.4, -0.2) is 149 Å². The zero-order chi connectivity index (χ0) is 42.3. The fraction of sp³-hybridized carbons (Fsp3) is 0.767. The first-order chi connectivity index (χ1) is 26.1. The summed E-state index contributed by atoms with van der Waals surface area (Å²) in [5.41, 5.74) is -2.72. The Balaban J connectivity index is 2.23. The molecule has 0 bridgehead atoms. The second kappa shape index (κ2) is 20.5. The molecule has 2 saturated heterocycles. The molecule has 1 aromatic carbocycles. The number of nitrogens with zero attached hydrogens (tertiary/aromatic N) is 2. The molecule has 2 aliphatic heterocycles. The molecule has 0 aromatic heterocycles. The Morgan fingerprint density at radius 2 is 1.64 bits per heavy atom. The molecular formula is C43H72N2O11. The highest BCUT2D eigenvalue weighted by Crippen LogP contribution is 2.40. The van der Waals surface area contributed by atoms with E-state index in [0.717, 1.165) is 5.56 Å². The molecule has 0 radical (unpaired) electrons. The van der Waals surface area contributed by atoms with Crippen LogP contribution in [0, 0.1) is 23.7 Å². The van der Waals surface area contributed by atoms with Crippen molar-refractivity contribution in [2.75, 3.05) is 34.8 Å². The van der Waals surface area contributed by atoms with Gasteiger partial charge in [0.15, 0.2) is 12.4 Å². The maximum atomic E-state index is 14.3. The number of hydrogen-bond acceptors (Lipinski definition) is 13. The van der Waals surface area contributed by atoms with Gasteiger partial charge in [0.2, 0.25) is 0 Å². The lowest BCUT2D eigenvalue weighted by Crippen LogP contribution is -2.61. The largest absolute Gasteiger partial charge is 0.459 e. The van der Waals surface area contributed by atoms with E-state index in [2.05, 4.69) is 6.58 Å². The van der Waals surface area contributed by atoms with Crippen LogP contribution in [0.2, 0.25) is 0 Å². The van der Waals surface area contributed by atoms with Gasteiger partial charge in [-0.25, -0.2) is 4.79 Å². The Kier molecular flexibility index (Phi) is 17.5. The predicted molar refractivity (Wildman–Crippen MR) is 213 cm³/mol. The summed E-state index contributed by atoms with van der Waals surface area (Å²) in [4.78, 5) is 32.4. The topological polar surface area (TPSA) is 168 Å². The third-order valence-electron chi connectivity index (χ3n) is 12.1. The van der Waals surface area contributed by atoms with Crippen molar-refractivity contribution in [1.82, 2.24) is 9.80 Å². The van der Waals surface area contributed by atoms with Crippen molar-refractivity contribution in [3.8, 4) is 0 Å². The first kappa shape index (κ1) is 47.9. The highest BCUT2D eigenvalue weighted by molar-refractivity contribution is 5.77. The van der Waals surface area contributed by atoms with E-state index in [-0.39, 0.29) is 50.0 Å². The van der Waals surface area contributed by atoms with Crippen molar-refractivity contribution < 1.29 is 53.7 Å². The van der Waals surface area contributed by atoms with Gasteiger partial charge in [-0.3, -0.25) is 4.79 Å². The predicted octanol–water partition coefficient (Wildman–Crippen LogP) is 3.59. The van der Waals surface area contributed by atoms with E-state index in [4.69, 9.17) is 23.7 Å². The summed E-state index contributed by atoms with van der Waals surface area (Å²) in [5.74, 6) is -4.45. The quantitative estimate of drug-likeness (QED) is 0.179. The molecule has 56 heavy (non-hydrogen) atoms. The van der Waals surface area contributed by atoms with Gasteiger partial charge < -0.3 is 53.9 Å². The first-order valence-corrected chi connectivity index (χ1v) is 20.2. The van der Waals surface area contributed by atoms with Gasteiger partial charge in [-0.2, -0.15) is 0 Å². The van der Waals surface area contributed by atoms with Crippen molar-refractivity contribution in [2.24, 2.45) is 23.7 Å². The molecular weight excluding hydrogens is 720 g/mol. The van der Waals surface area contributed by atoms with Crippen LogP contribution in [0.1, 0.15) is 80.2 Å². The first-order valence-electron chi connectivity index (χ1n) is 20.2. The molecule has 0 amide bonds. The lowest BCUT2D eigenvalue weighted by molar-refractivity contribution is -0.300. The van der Waals surface area contributed by atoms with Crippen LogP contribution in [0.5, 0.6) is 0 Å². The van der Waals surface area contributed by atoms with Gasteiger partial charge >= 0.3 is 11.9 Å². The number of carbonyl (C=O) groups excluding carboxylic acids is 2. The fourth-order valence-corrected chi connectivity index (χ4v) is 9.20. The molecule has 2 fully saturated rings. The SMILES string of the molecule is C=CCOC(Cc1ccccc1)C(=O)O[C@H]1[C@H](C)[C@@H](O[C@@H]2O[C@H](C)C[C@H](N(C)C)[C@H]2O)[C@@](C)(O)C[C@@H](C)[C@H](N(C)C)[C@@H](C)[C@@H](O)[C@](C)(O)C(CC)OC(=O)[C@@H]1C. The number of benzene rings is 1. The number of cyclic esters (lactones) is 1. The Bertz CT molecular complexity index is 1390. The van der Waals surface area contributed by atoms with Gasteiger partial charge in [0.25, 0.3) is 0 Å². The number of rotatable bonds is 12. The minimum Gasteiger partial charge on any atom is -0.459 e. The van der Waals surface area contributed by atoms with Gasteiger partial charge in [-0.05, 0) is 86.6 Å². The summed E-state index contributed by atoms with van der Waals surface area (Å²) in [6.45, 7) is 17.6.